The van der Waals surface area contributed by atoms with Crippen LogP contribution in [0.3, 0.4) is 0 Å². The number of pyridine rings is 1. The largest absolute Gasteiger partial charge is 0.493 e. The van der Waals surface area contributed by atoms with Gasteiger partial charge in [0.1, 0.15) is 5.65 Å². The van der Waals surface area contributed by atoms with Crippen molar-refractivity contribution in [3.8, 4) is 17.6 Å². The highest BCUT2D eigenvalue weighted by molar-refractivity contribution is 6.30. The Morgan fingerprint density at radius 3 is 2.92 bits per heavy atom. The molecule has 2 heterocycles. The van der Waals surface area contributed by atoms with Crippen molar-refractivity contribution in [2.75, 3.05) is 13.7 Å². The number of nitrogens with one attached hydrogen (secondary N) is 1. The average Bonchev–Trinajstić information content (AvgIpc) is 3.06. The standard InChI is InChI=1S/C18H15ClN4O3/c1-25-16-6-12(7-20)2-4-15(16)26-11-18(24)21-8-14-10-23-9-13(19)3-5-17(23)22-14/h2-6,9-10H,8,11H2,1H3,(H,21,24). The molecular weight excluding hydrogens is 356 g/mol. The summed E-state index contributed by atoms with van der Waals surface area (Å²) >= 11 is 5.94. The van der Waals surface area contributed by atoms with Crippen LogP contribution in [0.2, 0.25) is 5.02 Å². The fourth-order valence-corrected chi connectivity index (χ4v) is 2.51. The normalized spacial score (nSPS) is 10.3. The Balaban J connectivity index is 1.56. The molecule has 0 spiro atoms. The van der Waals surface area contributed by atoms with Gasteiger partial charge < -0.3 is 19.2 Å². The summed E-state index contributed by atoms with van der Waals surface area (Å²) in [5, 5.41) is 12.2. The van der Waals surface area contributed by atoms with Crippen LogP contribution in [-0.4, -0.2) is 29.0 Å². The summed E-state index contributed by atoms with van der Waals surface area (Å²) in [5.41, 5.74) is 1.90. The highest BCUT2D eigenvalue weighted by Gasteiger charge is 2.09. The van der Waals surface area contributed by atoms with Crippen molar-refractivity contribution in [2.24, 2.45) is 0 Å². The molecule has 8 heteroatoms. The topological polar surface area (TPSA) is 88.6 Å². The molecule has 1 N–H and O–H groups in total. The van der Waals surface area contributed by atoms with E-state index in [1.54, 1.807) is 47.1 Å². The second-order valence-electron chi connectivity index (χ2n) is 5.39. The number of nitriles is 1. The van der Waals surface area contributed by atoms with Gasteiger partial charge in [-0.05, 0) is 24.3 Å². The summed E-state index contributed by atoms with van der Waals surface area (Å²) in [7, 11) is 1.47. The number of ether oxygens (including phenoxy) is 2. The van der Waals surface area contributed by atoms with Gasteiger partial charge in [0.25, 0.3) is 5.91 Å². The molecule has 3 aromatic rings. The molecule has 0 saturated heterocycles. The Kier molecular flexibility index (Phi) is 5.25. The first-order chi connectivity index (χ1) is 12.6. The molecule has 26 heavy (non-hydrogen) atoms. The predicted molar refractivity (Wildman–Crippen MR) is 95.3 cm³/mol. The Hall–Kier alpha value is -3.24. The van der Waals surface area contributed by atoms with Crippen LogP contribution in [0.5, 0.6) is 11.5 Å². The van der Waals surface area contributed by atoms with E-state index in [1.165, 1.54) is 7.11 Å². The number of rotatable bonds is 6. The van der Waals surface area contributed by atoms with E-state index in [0.29, 0.717) is 27.8 Å². The third-order valence-corrected chi connectivity index (χ3v) is 3.81. The van der Waals surface area contributed by atoms with E-state index >= 15 is 0 Å². The molecule has 3 rings (SSSR count). The van der Waals surface area contributed by atoms with E-state index in [0.717, 1.165) is 5.65 Å². The molecule has 0 fully saturated rings. The van der Waals surface area contributed by atoms with Crippen LogP contribution in [0.25, 0.3) is 5.65 Å². The van der Waals surface area contributed by atoms with Crippen molar-refractivity contribution < 1.29 is 14.3 Å². The van der Waals surface area contributed by atoms with Crippen LogP contribution >= 0.6 is 11.6 Å². The first kappa shape index (κ1) is 17.6. The number of halogens is 1. The van der Waals surface area contributed by atoms with Crippen molar-refractivity contribution in [3.05, 3.63) is 59.0 Å². The number of imidazole rings is 1. The molecule has 0 aliphatic carbocycles. The minimum absolute atomic E-state index is 0.179. The van der Waals surface area contributed by atoms with Gasteiger partial charge in [-0.1, -0.05) is 11.6 Å². The van der Waals surface area contributed by atoms with Crippen molar-refractivity contribution in [2.45, 2.75) is 6.54 Å². The van der Waals surface area contributed by atoms with E-state index in [2.05, 4.69) is 10.3 Å². The fourth-order valence-electron chi connectivity index (χ4n) is 2.34. The Labute approximate surface area is 154 Å². The summed E-state index contributed by atoms with van der Waals surface area (Å²) in [4.78, 5) is 16.4. The summed E-state index contributed by atoms with van der Waals surface area (Å²) in [6.45, 7) is 0.0907. The zero-order chi connectivity index (χ0) is 18.5. The van der Waals surface area contributed by atoms with Gasteiger partial charge in [-0.3, -0.25) is 4.79 Å². The predicted octanol–water partition coefficient (Wildman–Crippen LogP) is 2.56. The number of benzene rings is 1. The third-order valence-electron chi connectivity index (χ3n) is 3.58. The van der Waals surface area contributed by atoms with Gasteiger partial charge in [-0.25, -0.2) is 4.98 Å². The number of fused-ring (bicyclic) bond motifs is 1. The number of nitrogens with zero attached hydrogens (tertiary/aromatic N) is 3. The number of hydrogen-bond acceptors (Lipinski definition) is 5. The number of amides is 1. The van der Waals surface area contributed by atoms with E-state index < -0.39 is 0 Å². The fraction of sp³-hybridized carbons (Fsp3) is 0.167. The average molecular weight is 371 g/mol. The molecular formula is C18H15ClN4O3. The zero-order valence-electron chi connectivity index (χ0n) is 13.9. The van der Waals surface area contributed by atoms with Gasteiger partial charge in [0.2, 0.25) is 0 Å². The minimum atomic E-state index is -0.300. The summed E-state index contributed by atoms with van der Waals surface area (Å²) in [5.74, 6) is 0.490. The summed E-state index contributed by atoms with van der Waals surface area (Å²) < 4.78 is 12.4. The Bertz CT molecular complexity index is 994. The molecule has 132 valence electrons. The molecule has 0 aliphatic heterocycles. The highest BCUT2D eigenvalue weighted by Crippen LogP contribution is 2.27. The van der Waals surface area contributed by atoms with Crippen molar-refractivity contribution in [3.63, 3.8) is 0 Å². The number of carbonyl (C=O) groups is 1. The second kappa shape index (κ2) is 7.76. The smallest absolute Gasteiger partial charge is 0.258 e. The van der Waals surface area contributed by atoms with Gasteiger partial charge in [-0.2, -0.15) is 5.26 Å². The lowest BCUT2D eigenvalue weighted by atomic mass is 10.2. The first-order valence-electron chi connectivity index (χ1n) is 7.70. The lowest BCUT2D eigenvalue weighted by Crippen LogP contribution is -2.28. The monoisotopic (exact) mass is 370 g/mol. The summed E-state index contributed by atoms with van der Waals surface area (Å²) in [6.07, 6.45) is 3.54. The maximum atomic E-state index is 12.0. The van der Waals surface area contributed by atoms with Crippen LogP contribution in [0.15, 0.2) is 42.7 Å². The molecule has 7 nitrogen and oxygen atoms in total. The van der Waals surface area contributed by atoms with Gasteiger partial charge in [0, 0.05) is 18.5 Å². The molecule has 0 atom stereocenters. The van der Waals surface area contributed by atoms with Crippen LogP contribution < -0.4 is 14.8 Å². The van der Waals surface area contributed by atoms with Crippen LogP contribution in [0, 0.1) is 11.3 Å². The van der Waals surface area contributed by atoms with E-state index in [1.807, 2.05) is 6.07 Å². The third kappa shape index (κ3) is 4.05. The Morgan fingerprint density at radius 1 is 1.31 bits per heavy atom. The van der Waals surface area contributed by atoms with Crippen LogP contribution in [0.4, 0.5) is 0 Å². The molecule has 0 bridgehead atoms. The number of hydrogen-bond donors (Lipinski definition) is 1. The lowest BCUT2D eigenvalue weighted by molar-refractivity contribution is -0.123. The number of methoxy groups -OCH3 is 1. The van der Waals surface area contributed by atoms with Crippen LogP contribution in [0.1, 0.15) is 11.3 Å². The van der Waals surface area contributed by atoms with Crippen molar-refractivity contribution in [1.82, 2.24) is 14.7 Å². The highest BCUT2D eigenvalue weighted by atomic mass is 35.5. The minimum Gasteiger partial charge on any atom is -0.493 e. The van der Waals surface area contributed by atoms with Gasteiger partial charge in [-0.15, -0.1) is 0 Å². The first-order valence-corrected chi connectivity index (χ1v) is 8.07. The zero-order valence-corrected chi connectivity index (χ0v) is 14.7. The van der Waals surface area contributed by atoms with E-state index in [4.69, 9.17) is 26.3 Å². The number of carbonyl (C=O) groups excluding carboxylic acids is 1. The quantitative estimate of drug-likeness (QED) is 0.720. The maximum absolute atomic E-state index is 12.0. The van der Waals surface area contributed by atoms with Crippen molar-refractivity contribution >= 4 is 23.2 Å². The maximum Gasteiger partial charge on any atom is 0.258 e. The van der Waals surface area contributed by atoms with E-state index in [9.17, 15) is 4.79 Å². The second-order valence-corrected chi connectivity index (χ2v) is 5.82. The SMILES string of the molecule is COc1cc(C#N)ccc1OCC(=O)NCc1cn2cc(Cl)ccc2n1. The molecule has 0 saturated carbocycles. The number of aromatic nitrogens is 2. The van der Waals surface area contributed by atoms with Gasteiger partial charge >= 0.3 is 0 Å². The Morgan fingerprint density at radius 2 is 2.15 bits per heavy atom. The molecule has 0 unspecified atom stereocenters. The van der Waals surface area contributed by atoms with Crippen LogP contribution in [-0.2, 0) is 11.3 Å². The lowest BCUT2D eigenvalue weighted by Gasteiger charge is -2.10. The molecule has 1 amide bonds. The van der Waals surface area contributed by atoms with Crippen molar-refractivity contribution in [1.29, 1.82) is 5.26 Å². The van der Waals surface area contributed by atoms with E-state index in [-0.39, 0.29) is 19.1 Å². The molecule has 1 aromatic carbocycles. The summed E-state index contributed by atoms with van der Waals surface area (Å²) in [6, 6.07) is 10.3. The molecule has 2 aromatic heterocycles. The molecule has 0 radical (unpaired) electrons. The van der Waals surface area contributed by atoms with Gasteiger partial charge in [0.05, 0.1) is 36.0 Å². The molecule has 0 aliphatic rings. The van der Waals surface area contributed by atoms with Gasteiger partial charge in [0.15, 0.2) is 18.1 Å².